The third kappa shape index (κ3) is 3.10. The molecule has 92 valence electrons. The number of nitrogens with zero attached hydrogens (tertiary/aromatic N) is 1. The van der Waals surface area contributed by atoms with Gasteiger partial charge in [0.05, 0.1) is 4.34 Å². The zero-order valence-electron chi connectivity index (χ0n) is 9.05. The maximum atomic E-state index is 11.9. The normalized spacial score (nSPS) is 11.9. The maximum Gasteiger partial charge on any atom is 0.250 e. The minimum absolute atomic E-state index is 0.235. The average Bonchev–Trinajstić information content (AvgIpc) is 2.85. The lowest BCUT2D eigenvalue weighted by Crippen LogP contribution is -2.22. The first-order chi connectivity index (χ1) is 7.97. The van der Waals surface area contributed by atoms with Gasteiger partial charge in [-0.3, -0.25) is 0 Å². The van der Waals surface area contributed by atoms with Crippen molar-refractivity contribution < 1.29 is 8.42 Å². The Labute approximate surface area is 109 Å². The molecule has 0 radical (unpaired) electrons. The van der Waals surface area contributed by atoms with Crippen molar-refractivity contribution in [1.82, 2.24) is 9.29 Å². The van der Waals surface area contributed by atoms with E-state index in [2.05, 4.69) is 4.72 Å². The fraction of sp³-hybridized carbons (Fsp3) is 0.200. The molecular formula is C10H11ClN2O2S2. The standard InChI is InChI=1S/C10H11ClN2O2S2/c1-13-5-4-8(7-13)6-12-17(14,15)10-3-2-9(11)16-10/h2-5,7,12H,6H2,1H3. The summed E-state index contributed by atoms with van der Waals surface area (Å²) in [5.41, 5.74) is 0.915. The molecular weight excluding hydrogens is 280 g/mol. The highest BCUT2D eigenvalue weighted by Crippen LogP contribution is 2.25. The predicted octanol–water partition coefficient (Wildman–Crippen LogP) is 2.22. The first-order valence-electron chi connectivity index (χ1n) is 4.83. The first kappa shape index (κ1) is 12.6. The van der Waals surface area contributed by atoms with Gasteiger partial charge in [0, 0.05) is 26.0 Å². The quantitative estimate of drug-likeness (QED) is 0.939. The molecule has 0 fully saturated rings. The van der Waals surface area contributed by atoms with Crippen LogP contribution in [-0.2, 0) is 23.6 Å². The summed E-state index contributed by atoms with van der Waals surface area (Å²) in [7, 11) is -1.57. The predicted molar refractivity (Wildman–Crippen MR) is 68.8 cm³/mol. The van der Waals surface area contributed by atoms with E-state index in [0.717, 1.165) is 16.9 Å². The molecule has 0 atom stereocenters. The van der Waals surface area contributed by atoms with Gasteiger partial charge in [-0.1, -0.05) is 11.6 Å². The summed E-state index contributed by atoms with van der Waals surface area (Å²) in [6.45, 7) is 0.276. The van der Waals surface area contributed by atoms with Crippen molar-refractivity contribution in [3.63, 3.8) is 0 Å². The molecule has 0 aliphatic rings. The topological polar surface area (TPSA) is 51.1 Å². The Morgan fingerprint density at radius 2 is 2.18 bits per heavy atom. The van der Waals surface area contributed by atoms with Crippen LogP contribution in [0.25, 0.3) is 0 Å². The summed E-state index contributed by atoms with van der Waals surface area (Å²) in [4.78, 5) is 0. The van der Waals surface area contributed by atoms with Crippen molar-refractivity contribution in [3.8, 4) is 0 Å². The molecule has 0 aliphatic carbocycles. The van der Waals surface area contributed by atoms with Crippen molar-refractivity contribution >= 4 is 33.0 Å². The molecule has 0 unspecified atom stereocenters. The van der Waals surface area contributed by atoms with Gasteiger partial charge in [-0.15, -0.1) is 11.3 Å². The molecule has 2 aromatic heterocycles. The Morgan fingerprint density at radius 3 is 2.71 bits per heavy atom. The molecule has 7 heteroatoms. The lowest BCUT2D eigenvalue weighted by atomic mass is 10.4. The van der Waals surface area contributed by atoms with Crippen LogP contribution in [0.1, 0.15) is 5.56 Å². The molecule has 2 rings (SSSR count). The number of nitrogens with one attached hydrogen (secondary N) is 1. The number of aryl methyl sites for hydroxylation is 1. The Kier molecular flexibility index (Phi) is 3.58. The number of rotatable bonds is 4. The van der Waals surface area contributed by atoms with Gasteiger partial charge in [-0.25, -0.2) is 13.1 Å². The molecule has 0 aromatic carbocycles. The van der Waals surface area contributed by atoms with Crippen molar-refractivity contribution in [2.24, 2.45) is 7.05 Å². The van der Waals surface area contributed by atoms with Gasteiger partial charge in [-0.05, 0) is 23.8 Å². The van der Waals surface area contributed by atoms with E-state index < -0.39 is 10.0 Å². The van der Waals surface area contributed by atoms with Gasteiger partial charge in [-0.2, -0.15) is 0 Å². The van der Waals surface area contributed by atoms with Crippen LogP contribution >= 0.6 is 22.9 Å². The molecule has 0 bridgehead atoms. The summed E-state index contributed by atoms with van der Waals surface area (Å²) >= 11 is 6.75. The van der Waals surface area contributed by atoms with Crippen molar-refractivity contribution in [2.45, 2.75) is 10.8 Å². The first-order valence-corrected chi connectivity index (χ1v) is 7.51. The number of hydrogen-bond donors (Lipinski definition) is 1. The van der Waals surface area contributed by atoms with Crippen LogP contribution in [0, 0.1) is 0 Å². The Morgan fingerprint density at radius 1 is 1.41 bits per heavy atom. The lowest BCUT2D eigenvalue weighted by Gasteiger charge is -2.02. The van der Waals surface area contributed by atoms with Crippen molar-refractivity contribution in [1.29, 1.82) is 0 Å². The molecule has 0 saturated heterocycles. The van der Waals surface area contributed by atoms with Crippen LogP contribution in [-0.4, -0.2) is 13.0 Å². The molecule has 0 saturated carbocycles. The van der Waals surface area contributed by atoms with E-state index in [4.69, 9.17) is 11.6 Å². The third-order valence-electron chi connectivity index (χ3n) is 2.17. The number of aromatic nitrogens is 1. The van der Waals surface area contributed by atoms with Crippen molar-refractivity contribution in [3.05, 3.63) is 40.5 Å². The highest BCUT2D eigenvalue weighted by molar-refractivity contribution is 7.91. The average molecular weight is 291 g/mol. The van der Waals surface area contributed by atoms with Gasteiger partial charge in [0.15, 0.2) is 0 Å². The SMILES string of the molecule is Cn1ccc(CNS(=O)(=O)c2ccc(Cl)s2)c1. The van der Waals surface area contributed by atoms with Gasteiger partial charge in [0.2, 0.25) is 10.0 Å². The lowest BCUT2D eigenvalue weighted by molar-refractivity contribution is 0.583. The monoisotopic (exact) mass is 290 g/mol. The van der Waals surface area contributed by atoms with E-state index >= 15 is 0 Å². The summed E-state index contributed by atoms with van der Waals surface area (Å²) < 4.78 is 28.8. The van der Waals surface area contributed by atoms with E-state index in [1.54, 1.807) is 6.07 Å². The summed E-state index contributed by atoms with van der Waals surface area (Å²) in [5, 5.41) is 0. The molecule has 2 heterocycles. The van der Waals surface area contributed by atoms with Crippen molar-refractivity contribution in [2.75, 3.05) is 0 Å². The number of sulfonamides is 1. The van der Waals surface area contributed by atoms with Crippen LogP contribution in [0.15, 0.2) is 34.8 Å². The minimum atomic E-state index is -3.45. The van der Waals surface area contributed by atoms with E-state index in [0.29, 0.717) is 4.34 Å². The molecule has 2 aromatic rings. The number of hydrogen-bond acceptors (Lipinski definition) is 3. The largest absolute Gasteiger partial charge is 0.357 e. The van der Waals surface area contributed by atoms with E-state index in [-0.39, 0.29) is 10.8 Å². The Bertz CT molecular complexity index is 616. The third-order valence-corrected chi connectivity index (χ3v) is 5.30. The second-order valence-electron chi connectivity index (χ2n) is 3.57. The van der Waals surface area contributed by atoms with Crippen LogP contribution in [0.4, 0.5) is 0 Å². The van der Waals surface area contributed by atoms with Crippen LogP contribution < -0.4 is 4.72 Å². The fourth-order valence-corrected chi connectivity index (χ4v) is 3.90. The van der Waals surface area contributed by atoms with E-state index in [1.165, 1.54) is 6.07 Å². The van der Waals surface area contributed by atoms with Crippen LogP contribution in [0.3, 0.4) is 0 Å². The molecule has 4 nitrogen and oxygen atoms in total. The maximum absolute atomic E-state index is 11.9. The number of halogens is 1. The summed E-state index contributed by atoms with van der Waals surface area (Å²) in [6.07, 6.45) is 3.73. The van der Waals surface area contributed by atoms with Crippen LogP contribution in [0.2, 0.25) is 4.34 Å². The smallest absolute Gasteiger partial charge is 0.250 e. The van der Waals surface area contributed by atoms with Crippen LogP contribution in [0.5, 0.6) is 0 Å². The highest BCUT2D eigenvalue weighted by atomic mass is 35.5. The zero-order valence-corrected chi connectivity index (χ0v) is 11.4. The highest BCUT2D eigenvalue weighted by Gasteiger charge is 2.16. The summed E-state index contributed by atoms with van der Waals surface area (Å²) in [5.74, 6) is 0. The molecule has 0 amide bonds. The Hall–Kier alpha value is -0.820. The van der Waals surface area contributed by atoms with E-state index in [9.17, 15) is 8.42 Å². The molecule has 17 heavy (non-hydrogen) atoms. The molecule has 0 aliphatic heterocycles. The second-order valence-corrected chi connectivity index (χ2v) is 7.28. The second kappa shape index (κ2) is 4.81. The fourth-order valence-electron chi connectivity index (χ4n) is 1.36. The zero-order chi connectivity index (χ0) is 12.5. The summed E-state index contributed by atoms with van der Waals surface area (Å²) in [6, 6.07) is 4.94. The van der Waals surface area contributed by atoms with E-state index in [1.807, 2.05) is 30.1 Å². The molecule has 0 spiro atoms. The minimum Gasteiger partial charge on any atom is -0.357 e. The number of thiophene rings is 1. The molecule has 1 N–H and O–H groups in total. The Balaban J connectivity index is 2.08. The van der Waals surface area contributed by atoms with Gasteiger partial charge in [0.1, 0.15) is 4.21 Å². The van der Waals surface area contributed by atoms with Gasteiger partial charge >= 0.3 is 0 Å². The van der Waals surface area contributed by atoms with Gasteiger partial charge < -0.3 is 4.57 Å². The van der Waals surface area contributed by atoms with Gasteiger partial charge in [0.25, 0.3) is 0 Å².